The minimum atomic E-state index is -2.68. The van der Waals surface area contributed by atoms with Crippen LogP contribution in [0.5, 0.6) is 0 Å². The molecule has 0 aromatic carbocycles. The Morgan fingerprint density at radius 2 is 2.08 bits per heavy atom. The van der Waals surface area contributed by atoms with Gasteiger partial charge in [-0.05, 0) is 19.3 Å². The van der Waals surface area contributed by atoms with E-state index in [0.717, 1.165) is 6.42 Å². The van der Waals surface area contributed by atoms with Gasteiger partial charge in [0.25, 0.3) is 0 Å². The first-order valence-electron chi connectivity index (χ1n) is 4.32. The van der Waals surface area contributed by atoms with Gasteiger partial charge in [-0.15, -0.1) is 11.8 Å². The molecule has 2 aliphatic heterocycles. The van der Waals surface area contributed by atoms with Gasteiger partial charge in [-0.1, -0.05) is 6.92 Å². The highest BCUT2D eigenvalue weighted by atomic mass is 32.2. The Hall–Kier alpha value is 0.300. The topological polar surface area (TPSA) is 34.1 Å². The summed E-state index contributed by atoms with van der Waals surface area (Å²) in [6.45, 7) is 4.39. The van der Waals surface area contributed by atoms with E-state index in [-0.39, 0.29) is 4.75 Å². The molecule has 0 aromatic heterocycles. The fraction of sp³-hybridized carbons (Fsp3) is 1.00. The number of rotatable bonds is 1. The van der Waals surface area contributed by atoms with Gasteiger partial charge in [0, 0.05) is 10.00 Å². The van der Waals surface area contributed by atoms with Crippen molar-refractivity contribution in [3.63, 3.8) is 0 Å². The van der Waals surface area contributed by atoms with Gasteiger partial charge in [0.2, 0.25) is 0 Å². The molecule has 0 N–H and O–H groups in total. The lowest BCUT2D eigenvalue weighted by molar-refractivity contribution is 0.484. The van der Waals surface area contributed by atoms with Crippen molar-refractivity contribution in [3.05, 3.63) is 0 Å². The Balaban J connectivity index is 2.11. The van der Waals surface area contributed by atoms with Gasteiger partial charge in [-0.25, -0.2) is 8.42 Å². The second kappa shape index (κ2) is 2.41. The molecule has 2 saturated heterocycles. The molecule has 0 radical (unpaired) electrons. The monoisotopic (exact) mass is 206 g/mol. The molecule has 70 valence electrons. The second-order valence-corrected chi connectivity index (χ2v) is 8.10. The number of thioether (sulfide) groups is 1. The Bertz CT molecular complexity index is 296. The zero-order valence-electron chi connectivity index (χ0n) is 7.41. The quantitative estimate of drug-likeness (QED) is 0.607. The third-order valence-electron chi connectivity index (χ3n) is 3.22. The molecule has 0 aromatic rings. The van der Waals surface area contributed by atoms with Crippen molar-refractivity contribution >= 4 is 21.6 Å². The third-order valence-corrected chi connectivity index (χ3v) is 6.78. The molecule has 0 spiro atoms. The van der Waals surface area contributed by atoms with Crippen molar-refractivity contribution in [1.29, 1.82) is 0 Å². The van der Waals surface area contributed by atoms with E-state index >= 15 is 0 Å². The van der Waals surface area contributed by atoms with Crippen LogP contribution in [0.1, 0.15) is 20.3 Å². The van der Waals surface area contributed by atoms with Crippen molar-refractivity contribution < 1.29 is 8.42 Å². The van der Waals surface area contributed by atoms with Crippen LogP contribution in [0.3, 0.4) is 0 Å². The average molecular weight is 206 g/mol. The SMILES string of the molecule is CC1SC1(C)C1CCS(=O)(=O)C1. The summed E-state index contributed by atoms with van der Waals surface area (Å²) in [5.41, 5.74) is 0. The van der Waals surface area contributed by atoms with E-state index in [1.165, 1.54) is 0 Å². The Morgan fingerprint density at radius 1 is 1.50 bits per heavy atom. The zero-order chi connectivity index (χ0) is 8.98. The summed E-state index contributed by atoms with van der Waals surface area (Å²) in [5.74, 6) is 1.27. The van der Waals surface area contributed by atoms with Gasteiger partial charge in [0.1, 0.15) is 0 Å². The van der Waals surface area contributed by atoms with Crippen LogP contribution in [0, 0.1) is 5.92 Å². The van der Waals surface area contributed by atoms with Crippen LogP contribution in [-0.2, 0) is 9.84 Å². The molecule has 3 atom stereocenters. The van der Waals surface area contributed by atoms with Crippen LogP contribution < -0.4 is 0 Å². The molecule has 2 aliphatic rings. The lowest BCUT2D eigenvalue weighted by Crippen LogP contribution is -2.22. The lowest BCUT2D eigenvalue weighted by Gasteiger charge is -2.14. The van der Waals surface area contributed by atoms with Crippen molar-refractivity contribution in [1.82, 2.24) is 0 Å². The second-order valence-electron chi connectivity index (χ2n) is 4.04. The Kier molecular flexibility index (Phi) is 1.78. The van der Waals surface area contributed by atoms with Crippen LogP contribution in [0.2, 0.25) is 0 Å². The fourth-order valence-electron chi connectivity index (χ4n) is 2.02. The van der Waals surface area contributed by atoms with Crippen LogP contribution in [0.25, 0.3) is 0 Å². The number of sulfone groups is 1. The standard InChI is InChI=1S/C8H14O2S2/c1-6-8(2,11-6)7-3-4-12(9,10)5-7/h6-7H,3-5H2,1-2H3. The summed E-state index contributed by atoms with van der Waals surface area (Å²) in [7, 11) is -2.68. The predicted octanol–water partition coefficient (Wildman–Crippen LogP) is 1.32. The number of hydrogen-bond acceptors (Lipinski definition) is 3. The third kappa shape index (κ3) is 1.29. The van der Waals surface area contributed by atoms with E-state index in [2.05, 4.69) is 13.8 Å². The highest BCUT2D eigenvalue weighted by Crippen LogP contribution is 2.59. The van der Waals surface area contributed by atoms with Crippen molar-refractivity contribution in [2.24, 2.45) is 5.92 Å². The summed E-state index contributed by atoms with van der Waals surface area (Å²) < 4.78 is 22.7. The molecule has 3 unspecified atom stereocenters. The summed E-state index contributed by atoms with van der Waals surface area (Å²) in [6.07, 6.45) is 0.885. The molecule has 2 fully saturated rings. The summed E-state index contributed by atoms with van der Waals surface area (Å²) in [5, 5.41) is 0.663. The summed E-state index contributed by atoms with van der Waals surface area (Å²) >= 11 is 1.93. The maximum Gasteiger partial charge on any atom is 0.150 e. The molecule has 0 bridgehead atoms. The average Bonchev–Trinajstić information content (AvgIpc) is 2.41. The van der Waals surface area contributed by atoms with Gasteiger partial charge in [-0.2, -0.15) is 0 Å². The molecule has 2 rings (SSSR count). The predicted molar refractivity (Wildman–Crippen MR) is 52.2 cm³/mol. The van der Waals surface area contributed by atoms with Crippen molar-refractivity contribution in [2.45, 2.75) is 30.3 Å². The molecular formula is C8H14O2S2. The van der Waals surface area contributed by atoms with E-state index in [1.54, 1.807) is 0 Å². The van der Waals surface area contributed by atoms with Gasteiger partial charge in [-0.3, -0.25) is 0 Å². The number of hydrogen-bond donors (Lipinski definition) is 0. The highest BCUT2D eigenvalue weighted by Gasteiger charge is 2.56. The summed E-state index contributed by atoms with van der Waals surface area (Å²) in [4.78, 5) is 0. The zero-order valence-corrected chi connectivity index (χ0v) is 9.04. The Labute approximate surface area is 78.0 Å². The Morgan fingerprint density at radius 3 is 2.42 bits per heavy atom. The maximum absolute atomic E-state index is 11.2. The molecule has 12 heavy (non-hydrogen) atoms. The maximum atomic E-state index is 11.2. The molecular weight excluding hydrogens is 192 g/mol. The van der Waals surface area contributed by atoms with E-state index < -0.39 is 9.84 Å². The van der Waals surface area contributed by atoms with Crippen LogP contribution in [0.4, 0.5) is 0 Å². The first kappa shape index (κ1) is 8.88. The van der Waals surface area contributed by atoms with Gasteiger partial charge in [0.15, 0.2) is 9.84 Å². The van der Waals surface area contributed by atoms with E-state index in [1.807, 2.05) is 11.8 Å². The van der Waals surface area contributed by atoms with E-state index in [4.69, 9.17) is 0 Å². The van der Waals surface area contributed by atoms with Gasteiger partial charge < -0.3 is 0 Å². The summed E-state index contributed by atoms with van der Waals surface area (Å²) in [6, 6.07) is 0. The van der Waals surface area contributed by atoms with Gasteiger partial charge >= 0.3 is 0 Å². The highest BCUT2D eigenvalue weighted by molar-refractivity contribution is 8.08. The normalized spacial score (nSPS) is 50.8. The van der Waals surface area contributed by atoms with E-state index in [9.17, 15) is 8.42 Å². The molecule has 2 nitrogen and oxygen atoms in total. The van der Waals surface area contributed by atoms with Crippen LogP contribution in [0.15, 0.2) is 0 Å². The molecule has 0 amide bonds. The van der Waals surface area contributed by atoms with Gasteiger partial charge in [0.05, 0.1) is 11.5 Å². The minimum absolute atomic E-state index is 0.281. The van der Waals surface area contributed by atoms with Crippen molar-refractivity contribution in [3.8, 4) is 0 Å². The van der Waals surface area contributed by atoms with Crippen molar-refractivity contribution in [2.75, 3.05) is 11.5 Å². The van der Waals surface area contributed by atoms with Crippen LogP contribution >= 0.6 is 11.8 Å². The largest absolute Gasteiger partial charge is 0.229 e. The first-order valence-corrected chi connectivity index (χ1v) is 7.02. The fourth-order valence-corrected chi connectivity index (χ4v) is 5.34. The van der Waals surface area contributed by atoms with Crippen LogP contribution in [-0.4, -0.2) is 29.9 Å². The minimum Gasteiger partial charge on any atom is -0.229 e. The molecule has 2 heterocycles. The molecule has 0 aliphatic carbocycles. The lowest BCUT2D eigenvalue weighted by atomic mass is 9.91. The molecule has 4 heteroatoms. The first-order chi connectivity index (χ1) is 5.44. The smallest absolute Gasteiger partial charge is 0.150 e. The van der Waals surface area contributed by atoms with E-state index in [0.29, 0.717) is 22.7 Å². The molecule has 0 saturated carbocycles.